The van der Waals surface area contributed by atoms with Gasteiger partial charge in [0.1, 0.15) is 0 Å². The van der Waals surface area contributed by atoms with Crippen molar-refractivity contribution >= 4 is 23.2 Å². The summed E-state index contributed by atoms with van der Waals surface area (Å²) in [5.41, 5.74) is 4.91. The summed E-state index contributed by atoms with van der Waals surface area (Å²) in [6, 6.07) is 3.53. The summed E-state index contributed by atoms with van der Waals surface area (Å²) in [6.45, 7) is 0.298. The molecule has 1 rings (SSSR count). The van der Waals surface area contributed by atoms with Crippen LogP contribution >= 0.6 is 11.3 Å². The van der Waals surface area contributed by atoms with E-state index in [2.05, 4.69) is 5.32 Å². The highest BCUT2D eigenvalue weighted by molar-refractivity contribution is 7.12. The smallest absolute Gasteiger partial charge is 0.261 e. The number of thiophene rings is 1. The van der Waals surface area contributed by atoms with E-state index in [1.807, 2.05) is 5.38 Å². The molecule has 0 unspecified atom stereocenters. The van der Waals surface area contributed by atoms with E-state index >= 15 is 0 Å². The molecular formula is C8H10N2O2S. The molecule has 0 aromatic carbocycles. The van der Waals surface area contributed by atoms with Crippen LogP contribution in [0.3, 0.4) is 0 Å². The normalized spacial score (nSPS) is 9.54. The van der Waals surface area contributed by atoms with Crippen molar-refractivity contribution in [3.63, 3.8) is 0 Å². The fourth-order valence-electron chi connectivity index (χ4n) is 0.794. The molecule has 1 heterocycles. The molecule has 0 radical (unpaired) electrons. The first-order chi connectivity index (χ1) is 6.20. The monoisotopic (exact) mass is 198 g/mol. The van der Waals surface area contributed by atoms with Crippen LogP contribution in [-0.2, 0) is 4.79 Å². The lowest BCUT2D eigenvalue weighted by Gasteiger charge is -2.00. The molecule has 0 atom stereocenters. The van der Waals surface area contributed by atoms with Gasteiger partial charge in [-0.25, -0.2) is 0 Å². The van der Waals surface area contributed by atoms with Gasteiger partial charge in [0, 0.05) is 13.0 Å². The number of nitrogens with two attached hydrogens (primary N) is 1. The van der Waals surface area contributed by atoms with E-state index in [-0.39, 0.29) is 12.3 Å². The van der Waals surface area contributed by atoms with Gasteiger partial charge in [-0.2, -0.15) is 0 Å². The zero-order valence-electron chi connectivity index (χ0n) is 6.95. The highest BCUT2D eigenvalue weighted by Gasteiger charge is 2.05. The van der Waals surface area contributed by atoms with Gasteiger partial charge in [0.25, 0.3) is 5.91 Å². The van der Waals surface area contributed by atoms with Crippen LogP contribution in [0.5, 0.6) is 0 Å². The zero-order valence-corrected chi connectivity index (χ0v) is 7.76. The molecule has 3 N–H and O–H groups in total. The fraction of sp³-hybridized carbons (Fsp3) is 0.250. The summed E-state index contributed by atoms with van der Waals surface area (Å²) < 4.78 is 0. The molecule has 0 aliphatic heterocycles. The first-order valence-corrected chi connectivity index (χ1v) is 4.68. The van der Waals surface area contributed by atoms with Crippen LogP contribution < -0.4 is 11.1 Å². The van der Waals surface area contributed by atoms with Crippen molar-refractivity contribution in [1.82, 2.24) is 5.32 Å². The van der Waals surface area contributed by atoms with E-state index in [0.29, 0.717) is 11.4 Å². The van der Waals surface area contributed by atoms with E-state index in [1.165, 1.54) is 11.3 Å². The Bertz CT molecular complexity index is 295. The number of carbonyl (C=O) groups is 2. The van der Waals surface area contributed by atoms with Crippen molar-refractivity contribution < 1.29 is 9.59 Å². The van der Waals surface area contributed by atoms with Gasteiger partial charge in [-0.3, -0.25) is 9.59 Å². The summed E-state index contributed by atoms with van der Waals surface area (Å²) >= 11 is 1.36. The third kappa shape index (κ3) is 3.25. The number of hydrogen-bond donors (Lipinski definition) is 2. The van der Waals surface area contributed by atoms with Gasteiger partial charge in [-0.15, -0.1) is 11.3 Å². The Labute approximate surface area is 79.7 Å². The molecule has 0 aliphatic rings. The third-order valence-corrected chi connectivity index (χ3v) is 2.27. The average Bonchev–Trinajstić information content (AvgIpc) is 2.55. The lowest BCUT2D eigenvalue weighted by Crippen LogP contribution is -2.27. The second kappa shape index (κ2) is 4.61. The van der Waals surface area contributed by atoms with Crippen molar-refractivity contribution in [3.8, 4) is 0 Å². The van der Waals surface area contributed by atoms with Gasteiger partial charge in [0.15, 0.2) is 0 Å². The molecule has 70 valence electrons. The number of amides is 2. The second-order valence-corrected chi connectivity index (χ2v) is 3.40. The van der Waals surface area contributed by atoms with E-state index in [1.54, 1.807) is 12.1 Å². The van der Waals surface area contributed by atoms with Crippen LogP contribution in [0.25, 0.3) is 0 Å². The van der Waals surface area contributed by atoms with Crippen LogP contribution in [0.1, 0.15) is 16.1 Å². The van der Waals surface area contributed by atoms with E-state index in [0.717, 1.165) is 0 Å². The number of rotatable bonds is 4. The summed E-state index contributed by atoms with van der Waals surface area (Å²) in [6.07, 6.45) is 0.178. The van der Waals surface area contributed by atoms with Gasteiger partial charge < -0.3 is 11.1 Å². The number of hydrogen-bond acceptors (Lipinski definition) is 3. The molecule has 0 saturated carbocycles. The van der Waals surface area contributed by atoms with Crippen molar-refractivity contribution in [2.75, 3.05) is 6.54 Å². The largest absolute Gasteiger partial charge is 0.370 e. The topological polar surface area (TPSA) is 72.2 Å². The first-order valence-electron chi connectivity index (χ1n) is 3.80. The van der Waals surface area contributed by atoms with Crippen molar-refractivity contribution in [2.24, 2.45) is 5.73 Å². The number of nitrogens with one attached hydrogen (secondary N) is 1. The quantitative estimate of drug-likeness (QED) is 0.732. The highest BCUT2D eigenvalue weighted by atomic mass is 32.1. The Kier molecular flexibility index (Phi) is 3.45. The Hall–Kier alpha value is -1.36. The molecule has 13 heavy (non-hydrogen) atoms. The lowest BCUT2D eigenvalue weighted by molar-refractivity contribution is -0.117. The van der Waals surface area contributed by atoms with Gasteiger partial charge in [0.05, 0.1) is 4.88 Å². The maximum absolute atomic E-state index is 11.2. The van der Waals surface area contributed by atoms with Crippen LogP contribution in [-0.4, -0.2) is 18.4 Å². The molecule has 1 aromatic heterocycles. The number of primary amides is 1. The molecule has 0 aliphatic carbocycles. The minimum atomic E-state index is -0.411. The van der Waals surface area contributed by atoms with Crippen LogP contribution in [0.4, 0.5) is 0 Å². The molecule has 4 nitrogen and oxygen atoms in total. The van der Waals surface area contributed by atoms with Crippen molar-refractivity contribution in [1.29, 1.82) is 0 Å². The molecule has 1 aromatic rings. The Morgan fingerprint density at radius 1 is 1.54 bits per heavy atom. The maximum atomic E-state index is 11.2. The van der Waals surface area contributed by atoms with E-state index in [9.17, 15) is 9.59 Å². The fourth-order valence-corrected chi connectivity index (χ4v) is 1.43. The average molecular weight is 198 g/mol. The minimum Gasteiger partial charge on any atom is -0.370 e. The van der Waals surface area contributed by atoms with E-state index < -0.39 is 5.91 Å². The van der Waals surface area contributed by atoms with Gasteiger partial charge in [0.2, 0.25) is 5.91 Å². The highest BCUT2D eigenvalue weighted by Crippen LogP contribution is 2.07. The van der Waals surface area contributed by atoms with Crippen LogP contribution in [0.15, 0.2) is 17.5 Å². The summed E-state index contributed by atoms with van der Waals surface area (Å²) in [5.74, 6) is -0.567. The van der Waals surface area contributed by atoms with Crippen LogP contribution in [0, 0.1) is 0 Å². The van der Waals surface area contributed by atoms with Gasteiger partial charge >= 0.3 is 0 Å². The lowest BCUT2D eigenvalue weighted by atomic mass is 10.4. The molecule has 0 saturated heterocycles. The summed E-state index contributed by atoms with van der Waals surface area (Å²) in [5, 5.41) is 4.41. The second-order valence-electron chi connectivity index (χ2n) is 2.45. The molecule has 2 amide bonds. The van der Waals surface area contributed by atoms with Crippen LogP contribution in [0.2, 0.25) is 0 Å². The zero-order chi connectivity index (χ0) is 9.68. The SMILES string of the molecule is NC(=O)CCNC(=O)c1cccs1. The molecule has 0 spiro atoms. The summed E-state index contributed by atoms with van der Waals surface area (Å²) in [4.78, 5) is 22.2. The molecule has 0 bridgehead atoms. The molecule has 0 fully saturated rings. The first kappa shape index (κ1) is 9.73. The molecule has 5 heteroatoms. The predicted molar refractivity (Wildman–Crippen MR) is 50.5 cm³/mol. The number of carbonyl (C=O) groups excluding carboxylic acids is 2. The minimum absolute atomic E-state index is 0.156. The Balaban J connectivity index is 2.31. The molecular weight excluding hydrogens is 188 g/mol. The Morgan fingerprint density at radius 3 is 2.85 bits per heavy atom. The van der Waals surface area contributed by atoms with Crippen molar-refractivity contribution in [2.45, 2.75) is 6.42 Å². The maximum Gasteiger partial charge on any atom is 0.261 e. The van der Waals surface area contributed by atoms with Gasteiger partial charge in [-0.05, 0) is 11.4 Å². The third-order valence-electron chi connectivity index (χ3n) is 1.40. The van der Waals surface area contributed by atoms with Gasteiger partial charge in [-0.1, -0.05) is 6.07 Å². The predicted octanol–water partition coefficient (Wildman–Crippen LogP) is 0.353. The Morgan fingerprint density at radius 2 is 2.31 bits per heavy atom. The van der Waals surface area contributed by atoms with Crippen molar-refractivity contribution in [3.05, 3.63) is 22.4 Å². The summed E-state index contributed by atoms with van der Waals surface area (Å²) in [7, 11) is 0. The standard InChI is InChI=1S/C8H10N2O2S/c9-7(11)3-4-10-8(12)6-2-1-5-13-6/h1-2,5H,3-4H2,(H2,9,11)(H,10,12). The van der Waals surface area contributed by atoms with E-state index in [4.69, 9.17) is 5.73 Å².